The second-order valence-corrected chi connectivity index (χ2v) is 2.60. The third-order valence-electron chi connectivity index (χ3n) is 1.83. The van der Waals surface area contributed by atoms with Crippen LogP contribution in [-0.2, 0) is 4.79 Å². The maximum absolute atomic E-state index is 11.0. The minimum Gasteiger partial charge on any atom is -0.324 e. The van der Waals surface area contributed by atoms with Gasteiger partial charge in [0.05, 0.1) is 6.54 Å². The molecule has 1 rings (SSSR count). The average molecular weight is 139 g/mol. The van der Waals surface area contributed by atoms with Crippen LogP contribution in [0, 0.1) is 0 Å². The van der Waals surface area contributed by atoms with E-state index in [0.717, 1.165) is 24.8 Å². The van der Waals surface area contributed by atoms with E-state index in [1.54, 1.807) is 0 Å². The molecular formula is C8H13NO. The molecule has 0 radical (unpaired) electrons. The first-order valence-electron chi connectivity index (χ1n) is 3.77. The quantitative estimate of drug-likeness (QED) is 0.620. The molecule has 0 spiro atoms. The predicted octanol–water partition coefficient (Wildman–Crippen LogP) is 1.01. The van der Waals surface area contributed by atoms with Gasteiger partial charge in [0.2, 0.25) is 0 Å². The fraction of sp³-hybridized carbons (Fsp3) is 0.625. The van der Waals surface area contributed by atoms with Crippen molar-refractivity contribution in [2.24, 2.45) is 5.73 Å². The number of allylic oxidation sites excluding steroid dienone is 1. The highest BCUT2D eigenvalue weighted by atomic mass is 16.1. The summed E-state index contributed by atoms with van der Waals surface area (Å²) in [5.41, 5.74) is 6.17. The molecule has 2 heteroatoms. The van der Waals surface area contributed by atoms with Gasteiger partial charge < -0.3 is 5.73 Å². The smallest absolute Gasteiger partial charge is 0.172 e. The van der Waals surface area contributed by atoms with Crippen LogP contribution in [0.2, 0.25) is 0 Å². The molecule has 56 valence electrons. The largest absolute Gasteiger partial charge is 0.324 e. The molecule has 0 heterocycles. The van der Waals surface area contributed by atoms with Crippen molar-refractivity contribution in [3.05, 3.63) is 11.6 Å². The minimum absolute atomic E-state index is 0.125. The zero-order valence-electron chi connectivity index (χ0n) is 6.10. The van der Waals surface area contributed by atoms with Crippen LogP contribution in [0.1, 0.15) is 25.7 Å². The Morgan fingerprint density at radius 3 is 2.90 bits per heavy atom. The van der Waals surface area contributed by atoms with Crippen molar-refractivity contribution in [2.45, 2.75) is 25.7 Å². The van der Waals surface area contributed by atoms with Crippen LogP contribution in [-0.4, -0.2) is 12.3 Å². The van der Waals surface area contributed by atoms with Gasteiger partial charge in [-0.1, -0.05) is 6.08 Å². The van der Waals surface area contributed by atoms with E-state index in [-0.39, 0.29) is 12.3 Å². The van der Waals surface area contributed by atoms with Gasteiger partial charge in [-0.3, -0.25) is 4.79 Å². The molecule has 0 saturated heterocycles. The molecule has 1 aliphatic rings. The van der Waals surface area contributed by atoms with Crippen LogP contribution in [0.5, 0.6) is 0 Å². The molecule has 0 atom stereocenters. The van der Waals surface area contributed by atoms with Gasteiger partial charge in [-0.25, -0.2) is 0 Å². The second kappa shape index (κ2) is 3.52. The molecule has 1 aliphatic carbocycles. The van der Waals surface area contributed by atoms with Crippen molar-refractivity contribution in [3.8, 4) is 0 Å². The van der Waals surface area contributed by atoms with Crippen LogP contribution < -0.4 is 5.73 Å². The summed E-state index contributed by atoms with van der Waals surface area (Å²) in [6, 6.07) is 0. The number of Topliss-reactive ketones (excluding diaryl/α,β-unsaturated/α-hetero) is 1. The third kappa shape index (κ3) is 1.67. The van der Waals surface area contributed by atoms with Gasteiger partial charge in [0.15, 0.2) is 5.78 Å². The van der Waals surface area contributed by atoms with E-state index in [1.165, 1.54) is 6.42 Å². The summed E-state index contributed by atoms with van der Waals surface area (Å²) in [5, 5.41) is 0. The highest BCUT2D eigenvalue weighted by Gasteiger charge is 2.09. The lowest BCUT2D eigenvalue weighted by Gasteiger charge is -2.09. The first-order valence-corrected chi connectivity index (χ1v) is 3.77. The topological polar surface area (TPSA) is 43.1 Å². The second-order valence-electron chi connectivity index (χ2n) is 2.60. The van der Waals surface area contributed by atoms with Crippen LogP contribution >= 0.6 is 0 Å². The minimum atomic E-state index is 0.125. The molecule has 0 aliphatic heterocycles. The number of hydrogen-bond acceptors (Lipinski definition) is 2. The van der Waals surface area contributed by atoms with Gasteiger partial charge in [0, 0.05) is 0 Å². The molecule has 0 amide bonds. The summed E-state index contributed by atoms with van der Waals surface area (Å²) in [4.78, 5) is 11.0. The summed E-state index contributed by atoms with van der Waals surface area (Å²) >= 11 is 0. The van der Waals surface area contributed by atoms with E-state index in [4.69, 9.17) is 5.73 Å². The van der Waals surface area contributed by atoms with E-state index in [9.17, 15) is 4.79 Å². The zero-order valence-corrected chi connectivity index (χ0v) is 6.10. The molecule has 0 saturated carbocycles. The Hall–Kier alpha value is -0.630. The Kier molecular flexibility index (Phi) is 2.63. The van der Waals surface area contributed by atoms with Gasteiger partial charge in [0.25, 0.3) is 0 Å². The number of carbonyl (C=O) groups excluding carboxylic acids is 1. The first kappa shape index (κ1) is 7.48. The van der Waals surface area contributed by atoms with Crippen LogP contribution in [0.4, 0.5) is 0 Å². The SMILES string of the molecule is NCC(=O)C1=CCCCC1. The lowest BCUT2D eigenvalue weighted by Crippen LogP contribution is -2.16. The zero-order chi connectivity index (χ0) is 7.40. The van der Waals surface area contributed by atoms with E-state index in [1.807, 2.05) is 6.08 Å². The van der Waals surface area contributed by atoms with Crippen LogP contribution in [0.25, 0.3) is 0 Å². The van der Waals surface area contributed by atoms with Crippen molar-refractivity contribution in [2.75, 3.05) is 6.54 Å². The maximum atomic E-state index is 11.0. The molecule has 0 aromatic heterocycles. The summed E-state index contributed by atoms with van der Waals surface area (Å²) in [6.45, 7) is 0.172. The van der Waals surface area contributed by atoms with Gasteiger partial charge in [0.1, 0.15) is 0 Å². The Morgan fingerprint density at radius 2 is 2.40 bits per heavy atom. The molecule has 0 bridgehead atoms. The molecule has 0 aromatic rings. The van der Waals surface area contributed by atoms with E-state index >= 15 is 0 Å². The van der Waals surface area contributed by atoms with E-state index < -0.39 is 0 Å². The Bertz CT molecular complexity index is 161. The summed E-state index contributed by atoms with van der Waals surface area (Å²) in [7, 11) is 0. The summed E-state index contributed by atoms with van der Waals surface area (Å²) < 4.78 is 0. The van der Waals surface area contributed by atoms with Crippen molar-refractivity contribution in [1.29, 1.82) is 0 Å². The Labute approximate surface area is 61.1 Å². The number of nitrogens with two attached hydrogens (primary N) is 1. The molecule has 2 N–H and O–H groups in total. The lowest BCUT2D eigenvalue weighted by molar-refractivity contribution is -0.114. The Morgan fingerprint density at radius 1 is 1.60 bits per heavy atom. The van der Waals surface area contributed by atoms with Crippen molar-refractivity contribution in [1.82, 2.24) is 0 Å². The lowest BCUT2D eigenvalue weighted by atomic mass is 9.97. The molecule has 0 fully saturated rings. The van der Waals surface area contributed by atoms with Gasteiger partial charge in [-0.05, 0) is 31.3 Å². The van der Waals surface area contributed by atoms with Crippen molar-refractivity contribution < 1.29 is 4.79 Å². The summed E-state index contributed by atoms with van der Waals surface area (Å²) in [6.07, 6.45) is 6.40. The number of rotatable bonds is 2. The van der Waals surface area contributed by atoms with Gasteiger partial charge in [-0.15, -0.1) is 0 Å². The molecule has 2 nitrogen and oxygen atoms in total. The highest BCUT2D eigenvalue weighted by Crippen LogP contribution is 2.17. The highest BCUT2D eigenvalue weighted by molar-refractivity contribution is 5.96. The van der Waals surface area contributed by atoms with Gasteiger partial charge in [-0.2, -0.15) is 0 Å². The molecular weight excluding hydrogens is 126 g/mol. The van der Waals surface area contributed by atoms with E-state index in [0.29, 0.717) is 0 Å². The van der Waals surface area contributed by atoms with Crippen molar-refractivity contribution in [3.63, 3.8) is 0 Å². The van der Waals surface area contributed by atoms with Crippen LogP contribution in [0.15, 0.2) is 11.6 Å². The van der Waals surface area contributed by atoms with E-state index in [2.05, 4.69) is 0 Å². The summed E-state index contributed by atoms with van der Waals surface area (Å²) in [5.74, 6) is 0.125. The fourth-order valence-electron chi connectivity index (χ4n) is 1.22. The molecule has 10 heavy (non-hydrogen) atoms. The molecule has 0 aromatic carbocycles. The maximum Gasteiger partial charge on any atom is 0.172 e. The van der Waals surface area contributed by atoms with Gasteiger partial charge >= 0.3 is 0 Å². The number of ketones is 1. The molecule has 0 unspecified atom stereocenters. The van der Waals surface area contributed by atoms with Crippen LogP contribution in [0.3, 0.4) is 0 Å². The predicted molar refractivity (Wildman–Crippen MR) is 40.6 cm³/mol. The normalized spacial score (nSPS) is 18.3. The third-order valence-corrected chi connectivity index (χ3v) is 1.83. The first-order chi connectivity index (χ1) is 4.84. The fourth-order valence-corrected chi connectivity index (χ4v) is 1.22. The number of carbonyl (C=O) groups is 1. The number of hydrogen-bond donors (Lipinski definition) is 1. The monoisotopic (exact) mass is 139 g/mol. The van der Waals surface area contributed by atoms with Crippen molar-refractivity contribution >= 4 is 5.78 Å². The Balaban J connectivity index is 2.53. The average Bonchev–Trinajstić information content (AvgIpc) is 2.05. The standard InChI is InChI=1S/C8H13NO/c9-6-8(10)7-4-2-1-3-5-7/h4H,1-3,5-6,9H2.